The molecule has 0 aliphatic carbocycles. The number of carboxylic acid groups (broad SMARTS) is 1. The van der Waals surface area contributed by atoms with Gasteiger partial charge in [-0.3, -0.25) is 24.0 Å². The van der Waals surface area contributed by atoms with Crippen LogP contribution >= 0.6 is 0 Å². The monoisotopic (exact) mass is 1870 g/mol. The van der Waals surface area contributed by atoms with Gasteiger partial charge in [0.05, 0.1) is 34.5 Å². The van der Waals surface area contributed by atoms with Crippen molar-refractivity contribution in [1.29, 1.82) is 0 Å². The van der Waals surface area contributed by atoms with Crippen LogP contribution in [0.1, 0.15) is 117 Å². The molecule has 4 aliphatic rings. The number of nitrogens with one attached hydrogen (secondary N) is 4. The van der Waals surface area contributed by atoms with Crippen LogP contribution in [0.15, 0.2) is 267 Å². The summed E-state index contributed by atoms with van der Waals surface area (Å²) in [6.07, 6.45) is 5.33. The van der Waals surface area contributed by atoms with Gasteiger partial charge in [-0.05, 0) is 182 Å². The lowest BCUT2D eigenvalue weighted by Crippen LogP contribution is -2.65. The maximum Gasteiger partial charge on any atom is 0.326 e. The van der Waals surface area contributed by atoms with Gasteiger partial charge in [-0.1, -0.05) is 235 Å². The number of aliphatic hydroxyl groups excluding tert-OH is 1. The third-order valence-corrected chi connectivity index (χ3v) is 37.8. The van der Waals surface area contributed by atoms with Crippen molar-refractivity contribution >= 4 is 102 Å². The zero-order valence-corrected chi connectivity index (χ0v) is 77.9. The molecule has 5 amide bonds. The summed E-state index contributed by atoms with van der Waals surface area (Å²) >= 11 is 0. The second-order valence-corrected chi connectivity index (χ2v) is 48.6. The first-order valence-electron chi connectivity index (χ1n) is 43.5. The maximum atomic E-state index is 13.8. The van der Waals surface area contributed by atoms with Gasteiger partial charge in [-0.15, -0.1) is 0 Å². The predicted octanol–water partition coefficient (Wildman–Crippen LogP) is 11.0. The number of benzene rings is 10. The lowest BCUT2D eigenvalue weighted by molar-refractivity contribution is -0.139. The van der Waals surface area contributed by atoms with E-state index >= 15 is 0 Å². The minimum atomic E-state index is -3.27. The molecule has 0 unspecified atom stereocenters. The van der Waals surface area contributed by atoms with Crippen molar-refractivity contribution in [2.75, 3.05) is 93.6 Å². The lowest BCUT2D eigenvalue weighted by atomic mass is 10.00. The number of rotatable bonds is 28. The smallest absolute Gasteiger partial charge is 0.326 e. The summed E-state index contributed by atoms with van der Waals surface area (Å²) in [4.78, 5) is 105. The number of amides is 5. The van der Waals surface area contributed by atoms with Crippen molar-refractivity contribution < 1.29 is 91.7 Å². The molecule has 4 aliphatic heterocycles. The fourth-order valence-corrected chi connectivity index (χ4v) is 27.1. The largest absolute Gasteiger partial charge is 0.480 e. The Morgan fingerprint density at radius 3 is 0.885 bits per heavy atom. The average Bonchev–Trinajstić information content (AvgIpc) is 0.885. The third kappa shape index (κ3) is 28.5. The number of nitrogens with zero attached hydrogens (tertiary/aromatic N) is 2. The number of aliphatic carboxylic acids is 1. The molecule has 0 aromatic heterocycles. The Kier molecular flexibility index (Phi) is 36.6. The van der Waals surface area contributed by atoms with Gasteiger partial charge < -0.3 is 55.6 Å². The van der Waals surface area contributed by atoms with Crippen LogP contribution in [-0.4, -0.2) is 219 Å². The SMILES string of the molecule is C1CCOC1.CC(C)(CCC[C@H](NC(=O)c1ccc(-c2ccc(F)cc2)cc1)C(=O)N1CCS(=O)(=O)CC1)[Si](O)(c1ccccc1)c1ccccc1.CC(C)(CCC[C@H](NC(=O)c1ccc(-c2ccc(F)cc2)cc1)C(=O)O)[Si](O)(c1ccccc1)c1ccccc1.O=C(N[C@@H](CCO)C(=O)N1CCS(=O)(=O)CC1)c1ccc(-c2ccc(F)cc2)cc1.O=S1(=O)CCNCC1. The number of sulfone groups is 3. The van der Waals surface area contributed by atoms with E-state index < -0.39 is 104 Å². The number of carboxylic acids is 1. The van der Waals surface area contributed by atoms with Crippen LogP contribution in [0.25, 0.3) is 33.4 Å². The number of hydrogen-bond donors (Lipinski definition) is 8. The van der Waals surface area contributed by atoms with E-state index in [0.29, 0.717) is 73.4 Å². The molecule has 23 nitrogen and oxygen atoms in total. The number of halogens is 3. The van der Waals surface area contributed by atoms with Gasteiger partial charge in [0, 0.05) is 75.8 Å². The van der Waals surface area contributed by atoms with Gasteiger partial charge in [0.25, 0.3) is 34.4 Å². The summed E-state index contributed by atoms with van der Waals surface area (Å²) in [5.41, 5.74) is 5.91. The molecule has 4 fully saturated rings. The minimum Gasteiger partial charge on any atom is -0.480 e. The zero-order valence-electron chi connectivity index (χ0n) is 73.5. The highest BCUT2D eigenvalue weighted by Gasteiger charge is 2.51. The van der Waals surface area contributed by atoms with E-state index in [1.54, 1.807) is 109 Å². The fraction of sp³-hybridized carbons (Fsp3) is 0.333. The molecule has 0 bridgehead atoms. The fourth-order valence-electron chi connectivity index (χ4n) is 16.0. The van der Waals surface area contributed by atoms with E-state index in [2.05, 4.69) is 35.1 Å². The summed E-state index contributed by atoms with van der Waals surface area (Å²) in [6, 6.07) is 74.4. The Hall–Kier alpha value is -11.1. The van der Waals surface area contributed by atoms with Crippen molar-refractivity contribution in [1.82, 2.24) is 31.1 Å². The molecular formula is C99H115F3N6O17S3Si2. The Balaban J connectivity index is 0.000000192. The second-order valence-electron chi connectivity index (χ2n) is 33.8. The average molecular weight is 1870 g/mol. The number of ether oxygens (including phenoxy) is 1. The number of hydrogen-bond acceptors (Lipinski definition) is 17. The van der Waals surface area contributed by atoms with Crippen LogP contribution in [-0.2, 0) is 48.6 Å². The van der Waals surface area contributed by atoms with Crippen molar-refractivity contribution in [3.8, 4) is 33.4 Å². The van der Waals surface area contributed by atoms with Crippen LogP contribution in [0.3, 0.4) is 0 Å². The van der Waals surface area contributed by atoms with Gasteiger partial charge in [-0.25, -0.2) is 43.2 Å². The highest BCUT2D eigenvalue weighted by molar-refractivity contribution is 7.92. The first-order chi connectivity index (χ1) is 62.0. The predicted molar refractivity (Wildman–Crippen MR) is 507 cm³/mol. The van der Waals surface area contributed by atoms with E-state index in [4.69, 9.17) is 4.74 Å². The molecule has 0 spiro atoms. The highest BCUT2D eigenvalue weighted by atomic mass is 32.2. The number of aliphatic hydroxyl groups is 1. The zero-order chi connectivity index (χ0) is 93.7. The summed E-state index contributed by atoms with van der Waals surface area (Å²) in [7, 11) is -15.5. The molecule has 0 saturated carbocycles. The maximum absolute atomic E-state index is 13.8. The highest BCUT2D eigenvalue weighted by Crippen LogP contribution is 2.42. The quantitative estimate of drug-likeness (QED) is 0.0211. The molecule has 14 rings (SSSR count). The number of carbonyl (C=O) groups is 6. The summed E-state index contributed by atoms with van der Waals surface area (Å²) in [6.45, 7) is 11.5. The van der Waals surface area contributed by atoms with Crippen LogP contribution in [0.2, 0.25) is 10.1 Å². The Labute approximate surface area is 762 Å². The van der Waals surface area contributed by atoms with Crippen LogP contribution in [0.4, 0.5) is 13.2 Å². The van der Waals surface area contributed by atoms with Gasteiger partial charge in [0.1, 0.15) is 35.6 Å². The Bertz CT molecular complexity index is 5610. The molecular weight excluding hydrogens is 1750 g/mol. The number of carbonyl (C=O) groups excluding carboxylic acids is 5. The first-order valence-corrected chi connectivity index (χ1v) is 52.9. The molecule has 31 heteroatoms. The molecule has 4 heterocycles. The van der Waals surface area contributed by atoms with Gasteiger partial charge in [0.2, 0.25) is 11.8 Å². The minimum absolute atomic E-state index is 0.0293. The molecule has 8 N–H and O–H groups in total. The molecule has 10 aromatic rings. The molecule has 690 valence electrons. The van der Waals surface area contributed by atoms with E-state index in [1.807, 2.05) is 135 Å². The third-order valence-electron chi connectivity index (χ3n) is 23.8. The van der Waals surface area contributed by atoms with E-state index in [-0.39, 0.29) is 92.0 Å². The van der Waals surface area contributed by atoms with Gasteiger partial charge >= 0.3 is 5.97 Å². The molecule has 4 saturated heterocycles. The first kappa shape index (κ1) is 101. The lowest BCUT2D eigenvalue weighted by Gasteiger charge is -2.41. The summed E-state index contributed by atoms with van der Waals surface area (Å²) < 4.78 is 113. The molecule has 3 atom stereocenters. The molecule has 10 aromatic carbocycles. The van der Waals surface area contributed by atoms with E-state index in [0.717, 1.165) is 67.3 Å². The van der Waals surface area contributed by atoms with Crippen molar-refractivity contribution in [3.63, 3.8) is 0 Å². The van der Waals surface area contributed by atoms with Gasteiger partial charge in [-0.2, -0.15) is 0 Å². The summed E-state index contributed by atoms with van der Waals surface area (Å²) in [5.74, 6) is -3.99. The Morgan fingerprint density at radius 1 is 0.385 bits per heavy atom. The van der Waals surface area contributed by atoms with Crippen molar-refractivity contribution in [2.24, 2.45) is 0 Å². The summed E-state index contributed by atoms with van der Waals surface area (Å²) in [5, 5.41) is 32.8. The van der Waals surface area contributed by atoms with E-state index in [9.17, 15) is 87.0 Å². The van der Waals surface area contributed by atoms with Crippen LogP contribution < -0.4 is 42.0 Å². The second kappa shape index (κ2) is 47.1. The van der Waals surface area contributed by atoms with E-state index in [1.165, 1.54) is 59.0 Å². The van der Waals surface area contributed by atoms with Crippen LogP contribution in [0.5, 0.6) is 0 Å². The van der Waals surface area contributed by atoms with Gasteiger partial charge in [0.15, 0.2) is 29.5 Å². The Morgan fingerprint density at radius 2 is 0.638 bits per heavy atom. The molecule has 0 radical (unpaired) electrons. The standard InChI is InChI=1S/C37H41FN2O5SSi.C33H34FNO4Si.C21H23FN2O5S.C4H9NO2S.C4H8O/c1-37(2,47(45,32-10-5-3-6-11-32)33-12-7-4-8-13-33)23-9-14-34(36(42)40-24-26-46(43,44)27-25-40)39-35(41)30-17-15-28(16-18-30)29-19-21-31(38)22-20-29;1-33(2,40(39,28-10-5-3-6-11-28)29-12-7-4-8-13-29)23-9-14-30(32(37)38)35-31(36)26-17-15-24(16-18-26)25-19-21-27(34)22-20-25;22-18-7-5-16(6-8-18)15-1-3-17(4-2-15)20(26)23-19(9-12-25)21(27)24-10-13-30(28,29)14-11-24;6-8(7)3-1-5-2-4-8;1-2-4-5-3-1/h3-8,10-13,15-22,34,45H,9,14,23-27H2,1-2H3,(H,39,41);3-8,10-13,15-22,30,39H,9,14,23H2,1-2H3,(H,35,36)(H,37,38);1-8,19,25H,9-14H2,(H,23,26);5H,1-4H2;1-4H2/t34-;30-;19-;;/m000../s1. The van der Waals surface area contributed by atoms with Crippen molar-refractivity contribution in [3.05, 3.63) is 301 Å². The van der Waals surface area contributed by atoms with Crippen LogP contribution in [0, 0.1) is 17.5 Å². The normalized spacial score (nSPS) is 15.9. The van der Waals surface area contributed by atoms with Crippen molar-refractivity contribution in [2.45, 2.75) is 114 Å². The topological polar surface area (TPSA) is 350 Å². The molecule has 130 heavy (non-hydrogen) atoms.